The lowest BCUT2D eigenvalue weighted by Gasteiger charge is -2.24. The van der Waals surface area contributed by atoms with Gasteiger partial charge in [-0.25, -0.2) is 9.18 Å². The summed E-state index contributed by atoms with van der Waals surface area (Å²) in [5.41, 5.74) is 0.923. The molecule has 1 aromatic carbocycles. The zero-order chi connectivity index (χ0) is 14.2. The van der Waals surface area contributed by atoms with Crippen molar-refractivity contribution in [1.29, 1.82) is 0 Å². The topological polar surface area (TPSA) is 38.3 Å². The maximum Gasteiger partial charge on any atom is 0.407 e. The minimum Gasteiger partial charge on any atom is -0.445 e. The molecular formula is C16H22FNO2. The van der Waals surface area contributed by atoms with E-state index in [0.29, 0.717) is 0 Å². The van der Waals surface area contributed by atoms with Gasteiger partial charge in [0, 0.05) is 0 Å². The number of hydrogen-bond acceptors (Lipinski definition) is 2. The Bertz CT molecular complexity index is 404. The molecule has 1 unspecified atom stereocenters. The number of nitrogens with one attached hydrogen (secondary N) is 1. The highest BCUT2D eigenvalue weighted by Crippen LogP contribution is 2.27. The number of halogens is 1. The number of benzene rings is 1. The molecule has 1 fully saturated rings. The molecule has 1 aliphatic carbocycles. The SMILES string of the molecule is O=C(NCC(F)C1CCCCC1)OCc1ccccc1. The summed E-state index contributed by atoms with van der Waals surface area (Å²) in [4.78, 5) is 11.5. The fraction of sp³-hybridized carbons (Fsp3) is 0.562. The number of amides is 1. The van der Waals surface area contributed by atoms with Gasteiger partial charge in [0.1, 0.15) is 12.8 Å². The Morgan fingerprint density at radius 3 is 2.65 bits per heavy atom. The van der Waals surface area contributed by atoms with Crippen LogP contribution in [0.3, 0.4) is 0 Å². The highest BCUT2D eigenvalue weighted by molar-refractivity contribution is 5.67. The van der Waals surface area contributed by atoms with Crippen molar-refractivity contribution in [2.75, 3.05) is 6.54 Å². The van der Waals surface area contributed by atoms with Crippen LogP contribution in [-0.4, -0.2) is 18.8 Å². The molecule has 0 saturated heterocycles. The van der Waals surface area contributed by atoms with Gasteiger partial charge in [0.25, 0.3) is 0 Å². The van der Waals surface area contributed by atoms with Crippen molar-refractivity contribution < 1.29 is 13.9 Å². The fourth-order valence-electron chi connectivity index (χ4n) is 2.62. The van der Waals surface area contributed by atoms with Gasteiger partial charge in [-0.3, -0.25) is 0 Å². The largest absolute Gasteiger partial charge is 0.445 e. The van der Waals surface area contributed by atoms with Gasteiger partial charge >= 0.3 is 6.09 Å². The van der Waals surface area contributed by atoms with Crippen LogP contribution >= 0.6 is 0 Å². The summed E-state index contributed by atoms with van der Waals surface area (Å²) in [5.74, 6) is 0.0955. The quantitative estimate of drug-likeness (QED) is 0.889. The third-order valence-electron chi connectivity index (χ3n) is 3.82. The summed E-state index contributed by atoms with van der Waals surface area (Å²) < 4.78 is 19.0. The Labute approximate surface area is 119 Å². The Balaban J connectivity index is 1.64. The lowest BCUT2D eigenvalue weighted by Crippen LogP contribution is -2.35. The normalized spacial score (nSPS) is 17.4. The molecule has 0 bridgehead atoms. The van der Waals surface area contributed by atoms with Crippen molar-refractivity contribution in [3.8, 4) is 0 Å². The van der Waals surface area contributed by atoms with Crippen molar-refractivity contribution in [3.63, 3.8) is 0 Å². The van der Waals surface area contributed by atoms with Crippen LogP contribution in [0.4, 0.5) is 9.18 Å². The van der Waals surface area contributed by atoms with E-state index in [4.69, 9.17) is 4.74 Å². The third-order valence-corrected chi connectivity index (χ3v) is 3.82. The molecule has 0 aromatic heterocycles. The zero-order valence-electron chi connectivity index (χ0n) is 11.7. The summed E-state index contributed by atoms with van der Waals surface area (Å²) in [6.45, 7) is 0.269. The van der Waals surface area contributed by atoms with Gasteiger partial charge in [0.2, 0.25) is 0 Å². The van der Waals surface area contributed by atoms with Gasteiger partial charge in [-0.15, -0.1) is 0 Å². The van der Waals surface area contributed by atoms with Crippen LogP contribution in [0.25, 0.3) is 0 Å². The number of alkyl halides is 1. The van der Waals surface area contributed by atoms with E-state index in [1.54, 1.807) is 0 Å². The highest BCUT2D eigenvalue weighted by Gasteiger charge is 2.23. The van der Waals surface area contributed by atoms with Crippen LogP contribution in [0.5, 0.6) is 0 Å². The molecule has 0 radical (unpaired) electrons. The monoisotopic (exact) mass is 279 g/mol. The van der Waals surface area contributed by atoms with Crippen molar-refractivity contribution >= 4 is 6.09 Å². The first-order valence-electron chi connectivity index (χ1n) is 7.34. The molecule has 0 spiro atoms. The van der Waals surface area contributed by atoms with Gasteiger partial charge in [-0.05, 0) is 24.3 Å². The van der Waals surface area contributed by atoms with Gasteiger partial charge < -0.3 is 10.1 Å². The molecule has 0 aliphatic heterocycles. The van der Waals surface area contributed by atoms with Crippen LogP contribution in [0.15, 0.2) is 30.3 Å². The first-order chi connectivity index (χ1) is 9.75. The lowest BCUT2D eigenvalue weighted by atomic mass is 9.86. The molecule has 4 heteroatoms. The number of carbonyl (C=O) groups is 1. The van der Waals surface area contributed by atoms with Crippen LogP contribution < -0.4 is 5.32 Å². The number of ether oxygens (including phenoxy) is 1. The number of carbonyl (C=O) groups excluding carboxylic acids is 1. The molecule has 3 nitrogen and oxygen atoms in total. The predicted molar refractivity (Wildman–Crippen MR) is 76.1 cm³/mol. The molecule has 1 amide bonds. The molecule has 20 heavy (non-hydrogen) atoms. The second kappa shape index (κ2) is 7.88. The van der Waals surface area contributed by atoms with Crippen molar-refractivity contribution in [3.05, 3.63) is 35.9 Å². The van der Waals surface area contributed by atoms with E-state index in [2.05, 4.69) is 5.32 Å². The van der Waals surface area contributed by atoms with Crippen LogP contribution in [0.2, 0.25) is 0 Å². The Kier molecular flexibility index (Phi) is 5.84. The maximum atomic E-state index is 13.9. The number of rotatable bonds is 5. The number of hydrogen-bond donors (Lipinski definition) is 1. The molecule has 1 aliphatic rings. The number of alkyl carbamates (subject to hydrolysis) is 1. The van der Waals surface area contributed by atoms with E-state index < -0.39 is 12.3 Å². The summed E-state index contributed by atoms with van der Waals surface area (Å²) in [5, 5.41) is 2.51. The summed E-state index contributed by atoms with van der Waals surface area (Å²) in [7, 11) is 0. The molecule has 0 heterocycles. The predicted octanol–water partition coefficient (Wildman–Crippen LogP) is 3.83. The minimum atomic E-state index is -0.959. The Morgan fingerprint density at radius 2 is 1.95 bits per heavy atom. The maximum absolute atomic E-state index is 13.9. The first kappa shape index (κ1) is 14.8. The van der Waals surface area contributed by atoms with Crippen LogP contribution in [0, 0.1) is 5.92 Å². The molecule has 1 atom stereocenters. The lowest BCUT2D eigenvalue weighted by molar-refractivity contribution is 0.128. The van der Waals surface area contributed by atoms with E-state index in [-0.39, 0.29) is 19.1 Å². The van der Waals surface area contributed by atoms with Crippen molar-refractivity contribution in [1.82, 2.24) is 5.32 Å². The van der Waals surface area contributed by atoms with E-state index in [1.165, 1.54) is 6.42 Å². The minimum absolute atomic E-state index is 0.0539. The second-order valence-electron chi connectivity index (χ2n) is 5.36. The van der Waals surface area contributed by atoms with E-state index in [9.17, 15) is 9.18 Å². The first-order valence-corrected chi connectivity index (χ1v) is 7.34. The van der Waals surface area contributed by atoms with Crippen LogP contribution in [0.1, 0.15) is 37.7 Å². The van der Waals surface area contributed by atoms with Gasteiger partial charge in [0.05, 0.1) is 6.54 Å². The molecule has 110 valence electrons. The molecule has 1 N–H and O–H groups in total. The third kappa shape index (κ3) is 4.83. The summed E-state index contributed by atoms with van der Waals surface area (Å²) >= 11 is 0. The summed E-state index contributed by atoms with van der Waals surface area (Å²) in [6.07, 6.45) is 3.76. The average molecular weight is 279 g/mol. The van der Waals surface area contributed by atoms with Gasteiger partial charge in [-0.1, -0.05) is 49.6 Å². The van der Waals surface area contributed by atoms with Crippen molar-refractivity contribution in [2.24, 2.45) is 5.92 Å². The van der Waals surface area contributed by atoms with E-state index in [0.717, 1.165) is 31.2 Å². The van der Waals surface area contributed by atoms with Gasteiger partial charge in [-0.2, -0.15) is 0 Å². The molecule has 1 aromatic rings. The summed E-state index contributed by atoms with van der Waals surface area (Å²) in [6, 6.07) is 9.44. The second-order valence-corrected chi connectivity index (χ2v) is 5.36. The standard InChI is InChI=1S/C16H22FNO2/c17-15(14-9-5-2-6-10-14)11-18-16(19)20-12-13-7-3-1-4-8-13/h1,3-4,7-8,14-15H,2,5-6,9-12H2,(H,18,19). The zero-order valence-corrected chi connectivity index (χ0v) is 11.7. The highest BCUT2D eigenvalue weighted by atomic mass is 19.1. The average Bonchev–Trinajstić information content (AvgIpc) is 2.52. The molecule has 1 saturated carbocycles. The van der Waals surface area contributed by atoms with Crippen LogP contribution in [-0.2, 0) is 11.3 Å². The van der Waals surface area contributed by atoms with Gasteiger partial charge in [0.15, 0.2) is 0 Å². The van der Waals surface area contributed by atoms with Crippen molar-refractivity contribution in [2.45, 2.75) is 44.9 Å². The Morgan fingerprint density at radius 1 is 1.25 bits per heavy atom. The fourth-order valence-corrected chi connectivity index (χ4v) is 2.62. The molecular weight excluding hydrogens is 257 g/mol. The Hall–Kier alpha value is -1.58. The molecule has 2 rings (SSSR count). The van der Waals surface area contributed by atoms with E-state index >= 15 is 0 Å². The van der Waals surface area contributed by atoms with E-state index in [1.807, 2.05) is 30.3 Å². The smallest absolute Gasteiger partial charge is 0.407 e.